The van der Waals surface area contributed by atoms with Gasteiger partial charge in [0.15, 0.2) is 23.0 Å². The molecule has 0 fully saturated rings. The van der Waals surface area contributed by atoms with Gasteiger partial charge in [-0.1, -0.05) is 12.1 Å². The first-order valence-electron chi connectivity index (χ1n) is 13.8. The van der Waals surface area contributed by atoms with Crippen LogP contribution in [0.3, 0.4) is 0 Å². The Morgan fingerprint density at radius 1 is 0.721 bits per heavy atom. The van der Waals surface area contributed by atoms with Gasteiger partial charge < -0.3 is 43.8 Å². The number of ether oxygens (including phenoxy) is 7. The fourth-order valence-corrected chi connectivity index (χ4v) is 5.09. The van der Waals surface area contributed by atoms with E-state index in [-0.39, 0.29) is 38.8 Å². The monoisotopic (exact) mass is 590 g/mol. The number of carbonyl (C=O) groups excluding carboxylic acids is 2. The highest BCUT2D eigenvalue weighted by Gasteiger charge is 2.35. The molecule has 4 aliphatic rings. The van der Waals surface area contributed by atoms with Crippen molar-refractivity contribution < 1.29 is 42.7 Å². The molecule has 0 bridgehead atoms. The fraction of sp³-hybridized carbons (Fsp3) is 0.333. The minimum Gasteiger partial charge on any atom is -0.463 e. The average molecular weight is 591 g/mol. The Kier molecular flexibility index (Phi) is 7.53. The van der Waals surface area contributed by atoms with Crippen molar-refractivity contribution in [2.75, 3.05) is 26.8 Å². The number of benzene rings is 2. The SMILES string of the molecule is CCOC(=O)C1=C(C)NC(OC2=NC(c3ccc4c(c3)OCO4)C(C(=O)OCC)=C(C)N2)=NC1c1ccc2c(c1)OCO2. The van der Waals surface area contributed by atoms with Gasteiger partial charge >= 0.3 is 11.9 Å². The molecule has 43 heavy (non-hydrogen) atoms. The predicted molar refractivity (Wildman–Crippen MR) is 152 cm³/mol. The molecule has 6 rings (SSSR count). The molecule has 4 heterocycles. The zero-order valence-electron chi connectivity index (χ0n) is 24.0. The first-order chi connectivity index (χ1) is 20.9. The van der Waals surface area contributed by atoms with E-state index >= 15 is 0 Å². The highest BCUT2D eigenvalue weighted by atomic mass is 16.7. The van der Waals surface area contributed by atoms with Crippen LogP contribution >= 0.6 is 0 Å². The van der Waals surface area contributed by atoms with Gasteiger partial charge in [0, 0.05) is 11.4 Å². The van der Waals surface area contributed by atoms with Crippen LogP contribution in [0.1, 0.15) is 50.9 Å². The van der Waals surface area contributed by atoms with Crippen molar-refractivity contribution in [3.63, 3.8) is 0 Å². The summed E-state index contributed by atoms with van der Waals surface area (Å²) in [6.07, 6.45) is 0. The summed E-state index contributed by atoms with van der Waals surface area (Å²) in [7, 11) is 0. The standard InChI is InChI=1S/C30H30N4O9/c1-5-37-27(35)23-15(3)31-29(33-25(23)17-7-9-19-21(11-17)41-13-39-19)43-30-32-16(4)24(28(36)38-6-2)26(34-30)18-8-10-20-22(12-18)42-14-40-20/h7-12,25-26H,5-6,13-14H2,1-4H3,(H,31,33)(H,32,34). The molecular weight excluding hydrogens is 560 g/mol. The van der Waals surface area contributed by atoms with Crippen molar-refractivity contribution in [1.29, 1.82) is 0 Å². The number of hydrogen-bond donors (Lipinski definition) is 2. The first-order valence-corrected chi connectivity index (χ1v) is 13.8. The van der Waals surface area contributed by atoms with E-state index in [0.717, 1.165) is 0 Å². The molecule has 0 spiro atoms. The number of nitrogens with zero attached hydrogens (tertiary/aromatic N) is 2. The van der Waals surface area contributed by atoms with Crippen LogP contribution in [0.4, 0.5) is 0 Å². The van der Waals surface area contributed by atoms with Crippen LogP contribution in [0.5, 0.6) is 23.0 Å². The van der Waals surface area contributed by atoms with Gasteiger partial charge in [-0.15, -0.1) is 0 Å². The number of nitrogens with one attached hydrogen (secondary N) is 2. The van der Waals surface area contributed by atoms with Crippen LogP contribution in [0.25, 0.3) is 0 Å². The van der Waals surface area contributed by atoms with Gasteiger partial charge in [0.2, 0.25) is 13.6 Å². The largest absolute Gasteiger partial charge is 0.463 e. The number of esters is 2. The van der Waals surface area contributed by atoms with Crippen LogP contribution in [0, 0.1) is 0 Å². The van der Waals surface area contributed by atoms with Gasteiger partial charge in [0.25, 0.3) is 12.0 Å². The summed E-state index contributed by atoms with van der Waals surface area (Å²) in [4.78, 5) is 35.5. The van der Waals surface area contributed by atoms with Crippen molar-refractivity contribution in [3.8, 4) is 23.0 Å². The molecule has 2 aromatic rings. The van der Waals surface area contributed by atoms with Gasteiger partial charge in [0.1, 0.15) is 12.1 Å². The molecule has 13 heteroatoms. The molecule has 2 unspecified atom stereocenters. The van der Waals surface area contributed by atoms with Crippen molar-refractivity contribution in [2.24, 2.45) is 9.98 Å². The molecule has 224 valence electrons. The average Bonchev–Trinajstić information content (AvgIpc) is 3.65. The molecule has 0 aliphatic carbocycles. The quantitative estimate of drug-likeness (QED) is 0.476. The normalized spacial score (nSPS) is 20.1. The molecule has 13 nitrogen and oxygen atoms in total. The topological polar surface area (TPSA) is 148 Å². The Hall–Kier alpha value is -5.20. The zero-order chi connectivity index (χ0) is 30.1. The minimum atomic E-state index is -0.773. The highest BCUT2D eigenvalue weighted by Crippen LogP contribution is 2.40. The summed E-state index contributed by atoms with van der Waals surface area (Å²) < 4.78 is 38.8. The zero-order valence-corrected chi connectivity index (χ0v) is 24.0. The third-order valence-electron chi connectivity index (χ3n) is 7.05. The number of carbonyl (C=O) groups is 2. The van der Waals surface area contributed by atoms with E-state index in [0.29, 0.717) is 56.7 Å². The third kappa shape index (κ3) is 5.41. The smallest absolute Gasteiger partial charge is 0.338 e. The Labute approximate surface area is 247 Å². The maximum atomic E-state index is 13.0. The second-order valence-corrected chi connectivity index (χ2v) is 9.77. The van der Waals surface area contributed by atoms with E-state index in [9.17, 15) is 9.59 Å². The summed E-state index contributed by atoms with van der Waals surface area (Å²) in [5.74, 6) is 1.29. The molecule has 0 saturated carbocycles. The lowest BCUT2D eigenvalue weighted by atomic mass is 9.96. The molecule has 0 saturated heterocycles. The van der Waals surface area contributed by atoms with Crippen molar-refractivity contribution >= 4 is 24.0 Å². The number of amidine groups is 2. The summed E-state index contributed by atoms with van der Waals surface area (Å²) in [6.45, 7) is 7.57. The Balaban J connectivity index is 1.34. The first kappa shape index (κ1) is 27.9. The number of aliphatic imine (C=N–C) groups is 2. The number of rotatable bonds is 6. The Morgan fingerprint density at radius 3 is 1.56 bits per heavy atom. The van der Waals surface area contributed by atoms with Gasteiger partial charge in [0.05, 0.1) is 24.4 Å². The molecule has 0 aromatic heterocycles. The summed E-state index contributed by atoms with van der Waals surface area (Å²) >= 11 is 0. The lowest BCUT2D eigenvalue weighted by Crippen LogP contribution is -2.40. The Morgan fingerprint density at radius 2 is 1.14 bits per heavy atom. The van der Waals surface area contributed by atoms with Crippen LogP contribution in [-0.2, 0) is 23.8 Å². The molecule has 2 aromatic carbocycles. The van der Waals surface area contributed by atoms with E-state index in [1.165, 1.54) is 0 Å². The second-order valence-electron chi connectivity index (χ2n) is 9.77. The van der Waals surface area contributed by atoms with Crippen molar-refractivity contribution in [1.82, 2.24) is 10.6 Å². The van der Waals surface area contributed by atoms with Gasteiger partial charge in [-0.25, -0.2) is 19.6 Å². The number of fused-ring (bicyclic) bond motifs is 2. The second kappa shape index (κ2) is 11.6. The van der Waals surface area contributed by atoms with E-state index in [1.807, 2.05) is 12.1 Å². The maximum Gasteiger partial charge on any atom is 0.338 e. The number of allylic oxidation sites excluding steroid dienone is 2. The van der Waals surface area contributed by atoms with Gasteiger partial charge in [-0.05, 0) is 63.1 Å². The number of hydrogen-bond acceptors (Lipinski definition) is 13. The lowest BCUT2D eigenvalue weighted by molar-refractivity contribution is -0.139. The van der Waals surface area contributed by atoms with Crippen LogP contribution in [0.15, 0.2) is 68.9 Å². The summed E-state index contributed by atoms with van der Waals surface area (Å²) in [5.41, 5.74) is 2.98. The van der Waals surface area contributed by atoms with Crippen LogP contribution < -0.4 is 29.6 Å². The summed E-state index contributed by atoms with van der Waals surface area (Å²) in [6, 6.07) is 9.31. The molecule has 0 amide bonds. The van der Waals surface area contributed by atoms with E-state index in [4.69, 9.17) is 43.1 Å². The maximum absolute atomic E-state index is 13.0. The molecule has 2 N–H and O–H groups in total. The molecule has 0 radical (unpaired) electrons. The third-order valence-corrected chi connectivity index (χ3v) is 7.05. The fourth-order valence-electron chi connectivity index (χ4n) is 5.09. The highest BCUT2D eigenvalue weighted by molar-refractivity contribution is 5.99. The van der Waals surface area contributed by atoms with E-state index in [2.05, 4.69) is 10.6 Å². The predicted octanol–water partition coefficient (Wildman–Crippen LogP) is 3.54. The van der Waals surface area contributed by atoms with Crippen LogP contribution in [-0.4, -0.2) is 50.8 Å². The molecule has 4 aliphatic heterocycles. The lowest BCUT2D eigenvalue weighted by Gasteiger charge is -2.28. The minimum absolute atomic E-state index is 0.0799. The van der Waals surface area contributed by atoms with Crippen molar-refractivity contribution in [2.45, 2.75) is 39.8 Å². The molecule has 2 atom stereocenters. The van der Waals surface area contributed by atoms with Gasteiger partial charge in [-0.2, -0.15) is 0 Å². The van der Waals surface area contributed by atoms with Crippen molar-refractivity contribution in [3.05, 3.63) is 70.1 Å². The summed E-state index contributed by atoms with van der Waals surface area (Å²) in [5, 5.41) is 6.10. The Bertz CT molecular complexity index is 1490. The van der Waals surface area contributed by atoms with Gasteiger partial charge in [-0.3, -0.25) is 0 Å². The van der Waals surface area contributed by atoms with Crippen LogP contribution in [0.2, 0.25) is 0 Å². The van der Waals surface area contributed by atoms with E-state index < -0.39 is 24.0 Å². The van der Waals surface area contributed by atoms with E-state index in [1.54, 1.807) is 52.0 Å². The molecular formula is C30H30N4O9.